The summed E-state index contributed by atoms with van der Waals surface area (Å²) in [6, 6.07) is 9.60. The van der Waals surface area contributed by atoms with Gasteiger partial charge in [-0.3, -0.25) is 4.79 Å². The molecule has 4 aromatic rings. The van der Waals surface area contributed by atoms with E-state index in [1.165, 1.54) is 27.4 Å². The number of carboxylic acid groups (broad SMARTS) is 1. The Morgan fingerprint density at radius 2 is 1.97 bits per heavy atom. The molecule has 0 spiro atoms. The van der Waals surface area contributed by atoms with E-state index < -0.39 is 21.4 Å². The fourth-order valence-corrected chi connectivity index (χ4v) is 5.73. The van der Waals surface area contributed by atoms with Gasteiger partial charge in [0.05, 0.1) is 37.1 Å². The number of aromatic nitrogens is 3. The zero-order valence-corrected chi connectivity index (χ0v) is 18.6. The number of pyridine rings is 1. The van der Waals surface area contributed by atoms with Crippen molar-refractivity contribution in [1.82, 2.24) is 13.9 Å². The number of fused-ring (bicyclic) bond motifs is 2. The van der Waals surface area contributed by atoms with Gasteiger partial charge in [0.15, 0.2) is 0 Å². The Hall–Kier alpha value is -2.49. The third-order valence-corrected chi connectivity index (χ3v) is 7.84. The lowest BCUT2D eigenvalue weighted by molar-refractivity contribution is -0.147. The molecule has 0 saturated heterocycles. The van der Waals surface area contributed by atoms with Crippen LogP contribution < -0.4 is 0 Å². The van der Waals surface area contributed by atoms with Crippen LogP contribution in [0.2, 0.25) is 5.15 Å². The van der Waals surface area contributed by atoms with Gasteiger partial charge < -0.3 is 5.11 Å². The second-order valence-electron chi connectivity index (χ2n) is 7.61. The first-order valence-corrected chi connectivity index (χ1v) is 11.8. The fraction of sp³-hybridized carbons (Fsp3) is 0.250. The minimum atomic E-state index is -3.96. The van der Waals surface area contributed by atoms with Crippen molar-refractivity contribution in [2.24, 2.45) is 5.41 Å². The zero-order valence-electron chi connectivity index (χ0n) is 16.2. The van der Waals surface area contributed by atoms with E-state index in [-0.39, 0.29) is 22.9 Å². The Bertz CT molecular complexity index is 1390. The van der Waals surface area contributed by atoms with Gasteiger partial charge in [0.1, 0.15) is 5.15 Å². The number of carbonyl (C=O) groups is 1. The summed E-state index contributed by atoms with van der Waals surface area (Å²) in [6.07, 6.45) is 0.505. The molecule has 10 heteroatoms. The van der Waals surface area contributed by atoms with Crippen LogP contribution in [0.4, 0.5) is 0 Å². The van der Waals surface area contributed by atoms with E-state index >= 15 is 0 Å². The number of rotatable bonds is 6. The number of thiazole rings is 1. The lowest BCUT2D eigenvalue weighted by Gasteiger charge is -2.19. The SMILES string of the molecule is CC(C)(CCc1cc2nc(Cl)ccc2n1S(=O)(=O)c1ccc2ncsc2c1)C(=O)O. The summed E-state index contributed by atoms with van der Waals surface area (Å²) in [5, 5.41) is 9.67. The molecule has 1 N–H and O–H groups in total. The highest BCUT2D eigenvalue weighted by Gasteiger charge is 2.29. The number of benzene rings is 1. The summed E-state index contributed by atoms with van der Waals surface area (Å²) in [4.78, 5) is 20.1. The van der Waals surface area contributed by atoms with Crippen molar-refractivity contribution in [3.63, 3.8) is 0 Å². The van der Waals surface area contributed by atoms with E-state index in [9.17, 15) is 18.3 Å². The van der Waals surface area contributed by atoms with Crippen LogP contribution >= 0.6 is 22.9 Å². The maximum absolute atomic E-state index is 13.6. The van der Waals surface area contributed by atoms with Gasteiger partial charge >= 0.3 is 5.97 Å². The first-order valence-electron chi connectivity index (χ1n) is 9.09. The topological polar surface area (TPSA) is 102 Å². The smallest absolute Gasteiger partial charge is 0.309 e. The number of aryl methyl sites for hydroxylation is 1. The summed E-state index contributed by atoms with van der Waals surface area (Å²) in [6.45, 7) is 3.23. The molecule has 3 aromatic heterocycles. The van der Waals surface area contributed by atoms with Crippen LogP contribution in [0.3, 0.4) is 0 Å². The predicted molar refractivity (Wildman–Crippen MR) is 117 cm³/mol. The van der Waals surface area contributed by atoms with Crippen LogP contribution in [0.15, 0.2) is 46.8 Å². The maximum Gasteiger partial charge on any atom is 0.309 e. The van der Waals surface area contributed by atoms with Gasteiger partial charge in [0.2, 0.25) is 0 Å². The molecule has 4 rings (SSSR count). The molecule has 30 heavy (non-hydrogen) atoms. The molecule has 0 unspecified atom stereocenters. The molecule has 0 saturated carbocycles. The van der Waals surface area contributed by atoms with Gasteiger partial charge in [-0.1, -0.05) is 11.6 Å². The molecule has 0 fully saturated rings. The van der Waals surface area contributed by atoms with Crippen LogP contribution in [0, 0.1) is 5.41 Å². The highest BCUT2D eigenvalue weighted by molar-refractivity contribution is 7.90. The molecule has 0 aliphatic heterocycles. The molecule has 1 aromatic carbocycles. The Balaban J connectivity index is 1.88. The summed E-state index contributed by atoms with van der Waals surface area (Å²) in [5.41, 5.74) is 2.68. The first kappa shape index (κ1) is 20.8. The summed E-state index contributed by atoms with van der Waals surface area (Å²) < 4.78 is 29.2. The second kappa shape index (κ2) is 7.33. The minimum Gasteiger partial charge on any atom is -0.481 e. The van der Waals surface area contributed by atoms with Crippen LogP contribution in [-0.2, 0) is 21.2 Å². The molecule has 0 amide bonds. The van der Waals surface area contributed by atoms with Crippen molar-refractivity contribution >= 4 is 60.2 Å². The molecule has 0 bridgehead atoms. The third kappa shape index (κ3) is 3.57. The van der Waals surface area contributed by atoms with E-state index in [0.29, 0.717) is 16.7 Å². The Labute approximate surface area is 182 Å². The Kier molecular flexibility index (Phi) is 5.08. The van der Waals surface area contributed by atoms with Gasteiger partial charge in [0.25, 0.3) is 10.0 Å². The number of halogens is 1. The third-order valence-electron chi connectivity index (χ3n) is 5.08. The summed E-state index contributed by atoms with van der Waals surface area (Å²) >= 11 is 7.36. The van der Waals surface area contributed by atoms with Crippen molar-refractivity contribution in [2.75, 3.05) is 0 Å². The second-order valence-corrected chi connectivity index (χ2v) is 10.7. The van der Waals surface area contributed by atoms with Gasteiger partial charge in [-0.25, -0.2) is 22.4 Å². The van der Waals surface area contributed by atoms with E-state index in [1.807, 2.05) is 0 Å². The lowest BCUT2D eigenvalue weighted by atomic mass is 9.87. The fourth-order valence-electron chi connectivity index (χ4n) is 3.20. The molecule has 3 heterocycles. The van der Waals surface area contributed by atoms with Crippen molar-refractivity contribution < 1.29 is 18.3 Å². The molecule has 7 nitrogen and oxygen atoms in total. The van der Waals surface area contributed by atoms with E-state index in [4.69, 9.17) is 11.6 Å². The molecule has 0 radical (unpaired) electrons. The standard InChI is InChI=1S/C20H18ClN3O4S2/c1-20(2,19(25)26)8-7-12-9-15-16(5-6-18(21)23-15)24(12)30(27,28)13-3-4-14-17(10-13)29-11-22-14/h3-6,9-11H,7-8H2,1-2H3,(H,25,26). The Morgan fingerprint density at radius 3 is 2.70 bits per heavy atom. The van der Waals surface area contributed by atoms with Crippen LogP contribution in [0.25, 0.3) is 21.3 Å². The number of hydrogen-bond donors (Lipinski definition) is 1. The zero-order chi connectivity index (χ0) is 21.7. The van der Waals surface area contributed by atoms with Crippen molar-refractivity contribution in [1.29, 1.82) is 0 Å². The largest absolute Gasteiger partial charge is 0.481 e. The average Bonchev–Trinajstić information content (AvgIpc) is 3.29. The van der Waals surface area contributed by atoms with E-state index in [2.05, 4.69) is 9.97 Å². The molecule has 0 aliphatic carbocycles. The van der Waals surface area contributed by atoms with Crippen molar-refractivity contribution in [2.45, 2.75) is 31.6 Å². The molecule has 156 valence electrons. The summed E-state index contributed by atoms with van der Waals surface area (Å²) in [7, 11) is -3.96. The van der Waals surface area contributed by atoms with Crippen LogP contribution in [-0.4, -0.2) is 33.4 Å². The average molecular weight is 464 g/mol. The highest BCUT2D eigenvalue weighted by atomic mass is 35.5. The first-order chi connectivity index (χ1) is 14.1. The molecule has 0 aliphatic rings. The highest BCUT2D eigenvalue weighted by Crippen LogP contribution is 2.31. The van der Waals surface area contributed by atoms with Crippen LogP contribution in [0.5, 0.6) is 0 Å². The summed E-state index contributed by atoms with van der Waals surface area (Å²) in [5.74, 6) is -0.940. The van der Waals surface area contributed by atoms with E-state index in [1.54, 1.807) is 43.6 Å². The minimum absolute atomic E-state index is 0.130. The normalized spacial score (nSPS) is 12.6. The Morgan fingerprint density at radius 1 is 1.20 bits per heavy atom. The number of carboxylic acids is 1. The van der Waals surface area contributed by atoms with Crippen molar-refractivity contribution in [3.8, 4) is 0 Å². The predicted octanol–water partition coefficient (Wildman–Crippen LogP) is 4.58. The van der Waals surface area contributed by atoms with E-state index in [0.717, 1.165) is 10.2 Å². The molecular weight excluding hydrogens is 446 g/mol. The number of nitrogens with zero attached hydrogens (tertiary/aromatic N) is 3. The quantitative estimate of drug-likeness (QED) is 0.420. The number of aliphatic carboxylic acids is 1. The van der Waals surface area contributed by atoms with Crippen molar-refractivity contribution in [3.05, 3.63) is 52.8 Å². The van der Waals surface area contributed by atoms with Gasteiger partial charge in [-0.05, 0) is 63.1 Å². The maximum atomic E-state index is 13.6. The van der Waals surface area contributed by atoms with Gasteiger partial charge in [-0.15, -0.1) is 11.3 Å². The molecular formula is C20H18ClN3O4S2. The van der Waals surface area contributed by atoms with Gasteiger partial charge in [0, 0.05) is 5.69 Å². The lowest BCUT2D eigenvalue weighted by Crippen LogP contribution is -2.25. The van der Waals surface area contributed by atoms with Crippen LogP contribution in [0.1, 0.15) is 26.0 Å². The monoisotopic (exact) mass is 463 g/mol. The number of hydrogen-bond acceptors (Lipinski definition) is 6. The molecule has 0 atom stereocenters. The van der Waals surface area contributed by atoms with Gasteiger partial charge in [-0.2, -0.15) is 0 Å².